The van der Waals surface area contributed by atoms with Crippen LogP contribution in [0.4, 0.5) is 13.2 Å². The van der Waals surface area contributed by atoms with Gasteiger partial charge >= 0.3 is 0 Å². The first-order valence-corrected chi connectivity index (χ1v) is 10.5. The Morgan fingerprint density at radius 2 is 1.53 bits per heavy atom. The number of rotatable bonds is 5. The molecule has 0 bridgehead atoms. The molecule has 0 aromatic heterocycles. The van der Waals surface area contributed by atoms with Crippen LogP contribution < -0.4 is 4.74 Å². The first kappa shape index (κ1) is 21.5. The Bertz CT molecular complexity index is 1310. The van der Waals surface area contributed by atoms with Crippen LogP contribution in [0, 0.1) is 29.3 Å². The van der Waals surface area contributed by atoms with Crippen molar-refractivity contribution in [3.05, 3.63) is 101 Å². The van der Waals surface area contributed by atoms with Crippen LogP contribution in [-0.2, 0) is 0 Å². The van der Waals surface area contributed by atoms with Crippen molar-refractivity contribution in [3.63, 3.8) is 0 Å². The van der Waals surface area contributed by atoms with Gasteiger partial charge in [0.25, 0.3) is 0 Å². The number of hydrogen-bond donors (Lipinski definition) is 0. The van der Waals surface area contributed by atoms with Gasteiger partial charge in [-0.25, -0.2) is 13.2 Å². The van der Waals surface area contributed by atoms with Crippen LogP contribution in [0.25, 0.3) is 21.9 Å². The molecular weight excluding hydrogens is 409 g/mol. The van der Waals surface area contributed by atoms with Crippen molar-refractivity contribution in [2.45, 2.75) is 19.8 Å². The standard InChI is InChI=1S/C28H21F3O/c1-2-3-16-32-24-12-9-20(10-13-24)22-8-7-21(27(30)18-22)6-4-19-5-14-25-23(17-19)11-15-26(29)28(25)31/h5,7-15,17-18H,2-3,16H2,1H3. The third-order valence-corrected chi connectivity index (χ3v) is 5.17. The number of benzene rings is 4. The van der Waals surface area contributed by atoms with E-state index >= 15 is 0 Å². The molecule has 4 rings (SSSR count). The summed E-state index contributed by atoms with van der Waals surface area (Å²) in [5.41, 5.74) is 2.48. The number of halogens is 3. The molecule has 32 heavy (non-hydrogen) atoms. The summed E-state index contributed by atoms with van der Waals surface area (Å²) in [6.45, 7) is 2.79. The van der Waals surface area contributed by atoms with Crippen molar-refractivity contribution in [2.75, 3.05) is 6.61 Å². The van der Waals surface area contributed by atoms with E-state index in [1.807, 2.05) is 30.3 Å². The van der Waals surface area contributed by atoms with Crippen molar-refractivity contribution in [3.8, 4) is 28.7 Å². The predicted molar refractivity (Wildman–Crippen MR) is 122 cm³/mol. The van der Waals surface area contributed by atoms with Crippen LogP contribution in [0.3, 0.4) is 0 Å². The summed E-state index contributed by atoms with van der Waals surface area (Å²) in [6.07, 6.45) is 2.08. The van der Waals surface area contributed by atoms with Crippen molar-refractivity contribution in [1.29, 1.82) is 0 Å². The van der Waals surface area contributed by atoms with Crippen LogP contribution in [-0.4, -0.2) is 6.61 Å². The Labute approximate surface area is 185 Å². The predicted octanol–water partition coefficient (Wildman–Crippen LogP) is 7.50. The molecule has 0 heterocycles. The van der Waals surface area contributed by atoms with Gasteiger partial charge in [-0.15, -0.1) is 0 Å². The lowest BCUT2D eigenvalue weighted by atomic mass is 10.0. The molecule has 0 atom stereocenters. The molecule has 0 spiro atoms. The smallest absolute Gasteiger partial charge is 0.166 e. The van der Waals surface area contributed by atoms with Crippen molar-refractivity contribution in [1.82, 2.24) is 0 Å². The lowest BCUT2D eigenvalue weighted by Crippen LogP contribution is -1.96. The lowest BCUT2D eigenvalue weighted by molar-refractivity contribution is 0.309. The number of unbranched alkanes of at least 4 members (excludes halogenated alkanes) is 1. The maximum absolute atomic E-state index is 14.7. The topological polar surface area (TPSA) is 9.23 Å². The molecule has 1 nitrogen and oxygen atoms in total. The van der Waals surface area contributed by atoms with Crippen LogP contribution in [0.2, 0.25) is 0 Å². The molecule has 4 heteroatoms. The molecule has 0 saturated carbocycles. The van der Waals surface area contributed by atoms with E-state index in [0.717, 1.165) is 35.8 Å². The fraction of sp³-hybridized carbons (Fsp3) is 0.143. The first-order chi connectivity index (χ1) is 15.5. The molecule has 0 radical (unpaired) electrons. The molecule has 0 amide bonds. The molecule has 0 aliphatic heterocycles. The van der Waals surface area contributed by atoms with Crippen molar-refractivity contribution >= 4 is 10.8 Å². The molecule has 4 aromatic rings. The minimum Gasteiger partial charge on any atom is -0.494 e. The zero-order valence-electron chi connectivity index (χ0n) is 17.6. The van der Waals surface area contributed by atoms with E-state index < -0.39 is 17.5 Å². The molecule has 0 saturated heterocycles. The number of fused-ring (bicyclic) bond motifs is 1. The summed E-state index contributed by atoms with van der Waals surface area (Å²) in [4.78, 5) is 0. The van der Waals surface area contributed by atoms with Gasteiger partial charge in [0.15, 0.2) is 11.6 Å². The summed E-state index contributed by atoms with van der Waals surface area (Å²) in [6, 6.07) is 19.8. The molecule has 0 N–H and O–H groups in total. The lowest BCUT2D eigenvalue weighted by Gasteiger charge is -2.07. The SMILES string of the molecule is CCCCOc1ccc(-c2ccc(C#Cc3ccc4c(F)c(F)ccc4c3)c(F)c2)cc1. The minimum absolute atomic E-state index is 0.188. The van der Waals surface area contributed by atoms with Gasteiger partial charge in [-0.2, -0.15) is 0 Å². The van der Waals surface area contributed by atoms with E-state index in [1.165, 1.54) is 18.2 Å². The Morgan fingerprint density at radius 1 is 0.750 bits per heavy atom. The van der Waals surface area contributed by atoms with Gasteiger partial charge in [-0.1, -0.05) is 55.5 Å². The third kappa shape index (κ3) is 4.78. The highest BCUT2D eigenvalue weighted by atomic mass is 19.2. The van der Waals surface area contributed by atoms with E-state index in [9.17, 15) is 13.2 Å². The van der Waals surface area contributed by atoms with Gasteiger partial charge < -0.3 is 4.74 Å². The Balaban J connectivity index is 1.53. The van der Waals surface area contributed by atoms with Gasteiger partial charge in [0, 0.05) is 10.9 Å². The zero-order valence-corrected chi connectivity index (χ0v) is 17.6. The largest absolute Gasteiger partial charge is 0.494 e. The highest BCUT2D eigenvalue weighted by Crippen LogP contribution is 2.25. The maximum atomic E-state index is 14.7. The molecular formula is C28H21F3O. The molecule has 0 unspecified atom stereocenters. The van der Waals surface area contributed by atoms with Crippen molar-refractivity contribution in [2.24, 2.45) is 0 Å². The van der Waals surface area contributed by atoms with Crippen LogP contribution >= 0.6 is 0 Å². The highest BCUT2D eigenvalue weighted by molar-refractivity contribution is 5.84. The molecule has 160 valence electrons. The minimum atomic E-state index is -0.892. The molecule has 0 aliphatic carbocycles. The second kappa shape index (κ2) is 9.62. The average molecular weight is 430 g/mol. The second-order valence-corrected chi connectivity index (χ2v) is 7.47. The monoisotopic (exact) mass is 430 g/mol. The van der Waals surface area contributed by atoms with Gasteiger partial charge in [0.1, 0.15) is 11.6 Å². The molecule has 4 aromatic carbocycles. The van der Waals surface area contributed by atoms with Crippen molar-refractivity contribution < 1.29 is 17.9 Å². The first-order valence-electron chi connectivity index (χ1n) is 10.5. The maximum Gasteiger partial charge on any atom is 0.166 e. The third-order valence-electron chi connectivity index (χ3n) is 5.17. The normalized spacial score (nSPS) is 10.6. The number of ether oxygens (including phenoxy) is 1. The fourth-order valence-corrected chi connectivity index (χ4v) is 3.36. The molecule has 0 aliphatic rings. The quantitative estimate of drug-likeness (QED) is 0.235. The fourth-order valence-electron chi connectivity index (χ4n) is 3.36. The number of hydrogen-bond acceptors (Lipinski definition) is 1. The Hall–Kier alpha value is -3.71. The summed E-state index contributed by atoms with van der Waals surface area (Å²) >= 11 is 0. The molecule has 0 fully saturated rings. The van der Waals surface area contributed by atoms with Crippen LogP contribution in [0.15, 0.2) is 72.8 Å². The van der Waals surface area contributed by atoms with E-state index in [-0.39, 0.29) is 10.9 Å². The average Bonchev–Trinajstić information content (AvgIpc) is 2.81. The van der Waals surface area contributed by atoms with Crippen LogP contribution in [0.1, 0.15) is 30.9 Å². The Morgan fingerprint density at radius 3 is 2.28 bits per heavy atom. The summed E-state index contributed by atoms with van der Waals surface area (Å²) < 4.78 is 47.5. The Kier molecular flexibility index (Phi) is 6.47. The highest BCUT2D eigenvalue weighted by Gasteiger charge is 2.07. The summed E-state index contributed by atoms with van der Waals surface area (Å²) in [7, 11) is 0. The zero-order chi connectivity index (χ0) is 22.5. The van der Waals surface area contributed by atoms with E-state index in [0.29, 0.717) is 17.6 Å². The van der Waals surface area contributed by atoms with Gasteiger partial charge in [-0.05, 0) is 65.4 Å². The van der Waals surface area contributed by atoms with E-state index in [1.54, 1.807) is 18.2 Å². The van der Waals surface area contributed by atoms with E-state index in [2.05, 4.69) is 18.8 Å². The second-order valence-electron chi connectivity index (χ2n) is 7.47. The van der Waals surface area contributed by atoms with Gasteiger partial charge in [0.05, 0.1) is 12.2 Å². The van der Waals surface area contributed by atoms with Crippen LogP contribution in [0.5, 0.6) is 5.75 Å². The van der Waals surface area contributed by atoms with E-state index in [4.69, 9.17) is 4.74 Å². The summed E-state index contributed by atoms with van der Waals surface area (Å²) in [5.74, 6) is 4.31. The van der Waals surface area contributed by atoms with Gasteiger partial charge in [0.2, 0.25) is 0 Å². The summed E-state index contributed by atoms with van der Waals surface area (Å²) in [5, 5.41) is 0.724. The van der Waals surface area contributed by atoms with Gasteiger partial charge in [-0.3, -0.25) is 0 Å².